The van der Waals surface area contributed by atoms with Crippen molar-refractivity contribution in [3.8, 4) is 0 Å². The van der Waals surface area contributed by atoms with E-state index in [1.807, 2.05) is 43.3 Å². The molecule has 126 valence electrons. The first-order valence-electron chi connectivity index (χ1n) is 7.79. The fourth-order valence-corrected chi connectivity index (χ4v) is 2.53. The number of fused-ring (bicyclic) bond motifs is 1. The summed E-state index contributed by atoms with van der Waals surface area (Å²) >= 11 is 0. The molecule has 25 heavy (non-hydrogen) atoms. The molecule has 2 aromatic carbocycles. The van der Waals surface area contributed by atoms with Gasteiger partial charge in [-0.2, -0.15) is 0 Å². The number of guanidine groups is 1. The number of hydrogen-bond acceptors (Lipinski definition) is 4. The quantitative estimate of drug-likeness (QED) is 0.410. The number of carbonyl (C=O) groups is 1. The van der Waals surface area contributed by atoms with Crippen LogP contribution in [0.5, 0.6) is 0 Å². The number of para-hydroxylation sites is 2. The van der Waals surface area contributed by atoms with Crippen LogP contribution >= 0.6 is 0 Å². The molecule has 1 heterocycles. The van der Waals surface area contributed by atoms with Crippen LogP contribution in [0.2, 0.25) is 0 Å². The SMILES string of the molecule is CNc1ccccc1C(=O)NC(N)=[NH+]c1nc(C)c2ccccc2n1. The first kappa shape index (κ1) is 16.4. The van der Waals surface area contributed by atoms with Gasteiger partial charge in [0.05, 0.1) is 11.3 Å². The molecular formula is C18H19N6O+. The lowest BCUT2D eigenvalue weighted by Crippen LogP contribution is -2.75. The summed E-state index contributed by atoms with van der Waals surface area (Å²) in [5.41, 5.74) is 8.74. The molecule has 3 aromatic rings. The van der Waals surface area contributed by atoms with E-state index in [0.29, 0.717) is 17.2 Å². The van der Waals surface area contributed by atoms with Crippen molar-refractivity contribution < 1.29 is 9.79 Å². The Bertz CT molecular complexity index is 967. The van der Waals surface area contributed by atoms with Gasteiger partial charge in [-0.25, -0.2) is 10.3 Å². The van der Waals surface area contributed by atoms with Gasteiger partial charge in [-0.3, -0.25) is 4.79 Å². The van der Waals surface area contributed by atoms with Gasteiger partial charge in [-0.15, -0.1) is 9.97 Å². The Labute approximate surface area is 145 Å². The van der Waals surface area contributed by atoms with Gasteiger partial charge in [0.25, 0.3) is 11.9 Å². The molecule has 0 atom stereocenters. The highest BCUT2D eigenvalue weighted by atomic mass is 16.1. The van der Waals surface area contributed by atoms with Gasteiger partial charge in [-0.1, -0.05) is 24.3 Å². The van der Waals surface area contributed by atoms with Crippen LogP contribution in [0.4, 0.5) is 11.6 Å². The van der Waals surface area contributed by atoms with E-state index in [1.54, 1.807) is 19.2 Å². The Hall–Kier alpha value is -3.48. The zero-order valence-corrected chi connectivity index (χ0v) is 14.0. The van der Waals surface area contributed by atoms with Crippen molar-refractivity contribution in [1.29, 1.82) is 0 Å². The predicted molar refractivity (Wildman–Crippen MR) is 97.5 cm³/mol. The van der Waals surface area contributed by atoms with Crippen LogP contribution in [0, 0.1) is 6.92 Å². The molecule has 0 bridgehead atoms. The van der Waals surface area contributed by atoms with E-state index in [4.69, 9.17) is 5.73 Å². The van der Waals surface area contributed by atoms with Crippen molar-refractivity contribution in [2.24, 2.45) is 5.73 Å². The summed E-state index contributed by atoms with van der Waals surface area (Å²) in [7, 11) is 1.75. The second-order valence-corrected chi connectivity index (χ2v) is 5.44. The van der Waals surface area contributed by atoms with E-state index in [0.717, 1.165) is 16.6 Å². The first-order chi connectivity index (χ1) is 12.1. The molecule has 7 heteroatoms. The van der Waals surface area contributed by atoms with Gasteiger partial charge in [0.15, 0.2) is 0 Å². The van der Waals surface area contributed by atoms with Gasteiger partial charge in [0.2, 0.25) is 0 Å². The molecule has 3 rings (SSSR count). The Kier molecular flexibility index (Phi) is 4.56. The molecule has 0 fully saturated rings. The molecule has 0 aliphatic heterocycles. The maximum absolute atomic E-state index is 12.4. The lowest BCUT2D eigenvalue weighted by molar-refractivity contribution is -0.367. The van der Waals surface area contributed by atoms with Crippen molar-refractivity contribution >= 4 is 34.4 Å². The fourth-order valence-electron chi connectivity index (χ4n) is 2.53. The largest absolute Gasteiger partial charge is 0.387 e. The van der Waals surface area contributed by atoms with Gasteiger partial charge < -0.3 is 11.1 Å². The second kappa shape index (κ2) is 6.96. The molecule has 0 spiro atoms. The zero-order chi connectivity index (χ0) is 17.8. The lowest BCUT2D eigenvalue weighted by atomic mass is 10.1. The summed E-state index contributed by atoms with van der Waals surface area (Å²) in [4.78, 5) is 24.0. The summed E-state index contributed by atoms with van der Waals surface area (Å²) < 4.78 is 0. The van der Waals surface area contributed by atoms with Crippen LogP contribution in [0.1, 0.15) is 16.1 Å². The molecule has 0 saturated heterocycles. The van der Waals surface area contributed by atoms with E-state index in [2.05, 4.69) is 25.6 Å². The number of amides is 1. The van der Waals surface area contributed by atoms with Crippen molar-refractivity contribution in [3.63, 3.8) is 0 Å². The fraction of sp³-hybridized carbons (Fsp3) is 0.111. The van der Waals surface area contributed by atoms with Crippen LogP contribution in [0.15, 0.2) is 48.5 Å². The average Bonchev–Trinajstić information content (AvgIpc) is 2.61. The molecule has 0 unspecified atom stereocenters. The van der Waals surface area contributed by atoms with Crippen LogP contribution in [0.3, 0.4) is 0 Å². The number of benzene rings is 2. The Morgan fingerprint density at radius 1 is 1.08 bits per heavy atom. The standard InChI is InChI=1S/C18H18N6O/c1-11-12-7-3-6-10-15(12)22-18(21-11)24-17(19)23-16(25)13-8-4-5-9-14(13)20-2/h3-10,20H,1-2H3,(H3,19,21,22,23,24,25)/p+1. The molecule has 5 N–H and O–H groups in total. The van der Waals surface area contributed by atoms with E-state index in [9.17, 15) is 4.79 Å². The zero-order valence-electron chi connectivity index (χ0n) is 14.0. The van der Waals surface area contributed by atoms with Crippen LogP contribution < -0.4 is 21.4 Å². The number of nitrogens with zero attached hydrogens (tertiary/aromatic N) is 2. The average molecular weight is 335 g/mol. The van der Waals surface area contributed by atoms with Crippen LogP contribution in [-0.4, -0.2) is 28.9 Å². The molecule has 0 saturated carbocycles. The molecular weight excluding hydrogens is 316 g/mol. The predicted octanol–water partition coefficient (Wildman–Crippen LogP) is 0.437. The van der Waals surface area contributed by atoms with Crippen molar-refractivity contribution in [2.45, 2.75) is 6.92 Å². The number of nitrogens with one attached hydrogen (secondary N) is 3. The highest BCUT2D eigenvalue weighted by Gasteiger charge is 2.14. The smallest absolute Gasteiger partial charge is 0.354 e. The molecule has 7 nitrogen and oxygen atoms in total. The summed E-state index contributed by atoms with van der Waals surface area (Å²) in [6.07, 6.45) is 0. The summed E-state index contributed by atoms with van der Waals surface area (Å²) in [6, 6.07) is 14.9. The molecule has 0 aliphatic carbocycles. The maximum atomic E-state index is 12.4. The van der Waals surface area contributed by atoms with Crippen molar-refractivity contribution in [2.75, 3.05) is 12.4 Å². The van der Waals surface area contributed by atoms with E-state index < -0.39 is 0 Å². The van der Waals surface area contributed by atoms with E-state index >= 15 is 0 Å². The summed E-state index contributed by atoms with van der Waals surface area (Å²) in [5.74, 6) is 0.0638. The van der Waals surface area contributed by atoms with Gasteiger partial charge in [0, 0.05) is 18.1 Å². The number of anilines is 1. The van der Waals surface area contributed by atoms with Gasteiger partial charge in [0.1, 0.15) is 5.52 Å². The molecule has 0 aliphatic rings. The maximum Gasteiger partial charge on any atom is 0.354 e. The third kappa shape index (κ3) is 3.55. The second-order valence-electron chi connectivity index (χ2n) is 5.44. The number of nitrogens with two attached hydrogens (primary N) is 1. The Balaban J connectivity index is 1.85. The normalized spacial score (nSPS) is 11.4. The third-order valence-corrected chi connectivity index (χ3v) is 3.73. The highest BCUT2D eigenvalue weighted by Crippen LogP contribution is 2.15. The topological polar surface area (TPSA) is 107 Å². The number of aryl methyl sites for hydroxylation is 1. The first-order valence-corrected chi connectivity index (χ1v) is 7.79. The van der Waals surface area contributed by atoms with Crippen LogP contribution in [0.25, 0.3) is 10.9 Å². The van der Waals surface area contributed by atoms with Crippen molar-refractivity contribution in [3.05, 3.63) is 59.8 Å². The lowest BCUT2D eigenvalue weighted by Gasteiger charge is -2.07. The Morgan fingerprint density at radius 3 is 2.60 bits per heavy atom. The molecule has 1 aromatic heterocycles. The van der Waals surface area contributed by atoms with Gasteiger partial charge in [-0.05, 0) is 31.2 Å². The third-order valence-electron chi connectivity index (χ3n) is 3.73. The number of rotatable bonds is 3. The monoisotopic (exact) mass is 335 g/mol. The van der Waals surface area contributed by atoms with E-state index in [1.165, 1.54) is 0 Å². The van der Waals surface area contributed by atoms with Gasteiger partial charge >= 0.3 is 5.95 Å². The minimum absolute atomic E-state index is 0.0607. The number of carbonyl (C=O) groups excluding carboxylic acids is 1. The number of hydrogen-bond donors (Lipinski definition) is 4. The van der Waals surface area contributed by atoms with Crippen molar-refractivity contribution in [1.82, 2.24) is 15.3 Å². The number of aromatic nitrogens is 2. The molecule has 0 radical (unpaired) electrons. The molecule has 1 amide bonds. The Morgan fingerprint density at radius 2 is 1.80 bits per heavy atom. The van der Waals surface area contributed by atoms with Crippen LogP contribution in [-0.2, 0) is 0 Å². The minimum atomic E-state index is -0.326. The van der Waals surface area contributed by atoms with E-state index in [-0.39, 0.29) is 11.9 Å². The summed E-state index contributed by atoms with van der Waals surface area (Å²) in [5, 5.41) is 6.55. The summed E-state index contributed by atoms with van der Waals surface area (Å²) in [6.45, 7) is 1.90. The minimum Gasteiger partial charge on any atom is -0.387 e. The highest BCUT2D eigenvalue weighted by molar-refractivity contribution is 6.07.